The van der Waals surface area contributed by atoms with Crippen molar-refractivity contribution in [2.24, 2.45) is 0 Å². The van der Waals surface area contributed by atoms with Crippen LogP contribution in [0.1, 0.15) is 30.4 Å². The predicted octanol–water partition coefficient (Wildman–Crippen LogP) is 3.51. The van der Waals surface area contributed by atoms with Crippen LogP contribution in [-0.2, 0) is 22.1 Å². The number of benzene rings is 2. The summed E-state index contributed by atoms with van der Waals surface area (Å²) in [6.45, 7) is 0.382. The third-order valence-electron chi connectivity index (χ3n) is 4.51. The van der Waals surface area contributed by atoms with E-state index in [1.807, 2.05) is 6.07 Å². The van der Waals surface area contributed by atoms with Crippen molar-refractivity contribution in [2.45, 2.75) is 31.3 Å². The van der Waals surface area contributed by atoms with E-state index in [9.17, 15) is 17.2 Å². The fraction of sp³-hybridized carbons (Fsp3) is 0.333. The largest absolute Gasteiger partial charge is 0.303 e. The second-order valence-corrected chi connectivity index (χ2v) is 8.21. The van der Waals surface area contributed by atoms with Gasteiger partial charge in [0.15, 0.2) is 0 Å². The maximum atomic E-state index is 14.2. The molecule has 25 heavy (non-hydrogen) atoms. The Hall–Kier alpha value is -1.99. The lowest BCUT2D eigenvalue weighted by atomic mass is 9.71. The first-order chi connectivity index (χ1) is 11.8. The maximum absolute atomic E-state index is 14.2. The van der Waals surface area contributed by atoms with Crippen LogP contribution in [0.5, 0.6) is 0 Å². The smallest absolute Gasteiger partial charge is 0.229 e. The zero-order chi connectivity index (χ0) is 18.1. The molecule has 1 aliphatic rings. The minimum atomic E-state index is -3.35. The highest BCUT2D eigenvalue weighted by Crippen LogP contribution is 2.43. The summed E-state index contributed by atoms with van der Waals surface area (Å²) in [5.41, 5.74) is 0.667. The summed E-state index contributed by atoms with van der Waals surface area (Å²) in [6.07, 6.45) is 3.30. The van der Waals surface area contributed by atoms with Gasteiger partial charge in [-0.05, 0) is 49.1 Å². The van der Waals surface area contributed by atoms with Crippen molar-refractivity contribution < 1.29 is 17.2 Å². The molecule has 0 saturated heterocycles. The van der Waals surface area contributed by atoms with Gasteiger partial charge in [0.05, 0.1) is 6.26 Å². The van der Waals surface area contributed by atoms with Crippen molar-refractivity contribution in [2.75, 3.05) is 11.0 Å². The van der Waals surface area contributed by atoms with Gasteiger partial charge < -0.3 is 5.32 Å². The van der Waals surface area contributed by atoms with Gasteiger partial charge in [-0.2, -0.15) is 0 Å². The summed E-state index contributed by atoms with van der Waals surface area (Å²) in [6, 6.07) is 10.8. The fourth-order valence-electron chi connectivity index (χ4n) is 3.23. The van der Waals surface area contributed by atoms with Crippen molar-refractivity contribution in [3.63, 3.8) is 0 Å². The number of hydrogen-bond donors (Lipinski definition) is 2. The first-order valence-corrected chi connectivity index (χ1v) is 9.94. The van der Waals surface area contributed by atoms with Crippen molar-refractivity contribution in [3.8, 4) is 0 Å². The first-order valence-electron chi connectivity index (χ1n) is 8.05. The molecule has 7 heteroatoms. The Morgan fingerprint density at radius 1 is 1.08 bits per heavy atom. The van der Waals surface area contributed by atoms with Gasteiger partial charge in [-0.1, -0.05) is 18.2 Å². The minimum Gasteiger partial charge on any atom is -0.303 e. The maximum Gasteiger partial charge on any atom is 0.229 e. The van der Waals surface area contributed by atoms with E-state index in [1.54, 1.807) is 18.2 Å². The highest BCUT2D eigenvalue weighted by molar-refractivity contribution is 7.92. The Bertz CT molecular complexity index is 860. The zero-order valence-electron chi connectivity index (χ0n) is 13.9. The molecule has 0 heterocycles. The molecule has 0 aliphatic heterocycles. The molecule has 1 fully saturated rings. The van der Waals surface area contributed by atoms with Gasteiger partial charge in [0.2, 0.25) is 10.0 Å². The Labute approximate surface area is 146 Å². The topological polar surface area (TPSA) is 58.2 Å². The Kier molecular flexibility index (Phi) is 4.79. The Morgan fingerprint density at radius 2 is 1.72 bits per heavy atom. The second kappa shape index (κ2) is 6.72. The summed E-state index contributed by atoms with van der Waals surface area (Å²) >= 11 is 0. The lowest BCUT2D eigenvalue weighted by molar-refractivity contribution is 0.170. The number of rotatable bonds is 6. The van der Waals surface area contributed by atoms with E-state index in [-0.39, 0.29) is 5.56 Å². The van der Waals surface area contributed by atoms with Crippen molar-refractivity contribution in [1.82, 2.24) is 5.32 Å². The van der Waals surface area contributed by atoms with Crippen LogP contribution in [0.4, 0.5) is 14.5 Å². The summed E-state index contributed by atoms with van der Waals surface area (Å²) < 4.78 is 53.5. The molecule has 0 bridgehead atoms. The van der Waals surface area contributed by atoms with Gasteiger partial charge in [-0.25, -0.2) is 17.2 Å². The molecule has 2 aromatic carbocycles. The minimum absolute atomic E-state index is 0.0895. The van der Waals surface area contributed by atoms with Crippen molar-refractivity contribution in [1.29, 1.82) is 0 Å². The van der Waals surface area contributed by atoms with E-state index in [0.29, 0.717) is 25.1 Å². The molecule has 134 valence electrons. The van der Waals surface area contributed by atoms with Gasteiger partial charge in [0.1, 0.15) is 11.6 Å². The summed E-state index contributed by atoms with van der Waals surface area (Å²) in [4.78, 5) is 0. The third kappa shape index (κ3) is 3.99. The van der Waals surface area contributed by atoms with Crippen LogP contribution in [0.2, 0.25) is 0 Å². The molecule has 4 nitrogen and oxygen atoms in total. The van der Waals surface area contributed by atoms with Gasteiger partial charge in [-0.3, -0.25) is 4.72 Å². The van der Waals surface area contributed by atoms with Crippen LogP contribution >= 0.6 is 0 Å². The van der Waals surface area contributed by atoms with Gasteiger partial charge in [0.25, 0.3) is 0 Å². The van der Waals surface area contributed by atoms with Crippen LogP contribution in [0.25, 0.3) is 0 Å². The summed E-state index contributed by atoms with van der Waals surface area (Å²) in [7, 11) is -3.35. The van der Waals surface area contributed by atoms with E-state index in [4.69, 9.17) is 0 Å². The lowest BCUT2D eigenvalue weighted by Gasteiger charge is -2.43. The predicted molar refractivity (Wildman–Crippen MR) is 93.6 cm³/mol. The highest BCUT2D eigenvalue weighted by atomic mass is 32.2. The normalized spacial score (nSPS) is 16.3. The molecule has 2 aromatic rings. The summed E-state index contributed by atoms with van der Waals surface area (Å²) in [5, 5.41) is 3.28. The molecular formula is C18H20F2N2O2S. The van der Waals surface area contributed by atoms with E-state index in [1.165, 1.54) is 18.2 Å². The highest BCUT2D eigenvalue weighted by Gasteiger charge is 2.42. The third-order valence-corrected chi connectivity index (χ3v) is 5.12. The van der Waals surface area contributed by atoms with Gasteiger partial charge in [0, 0.05) is 23.3 Å². The zero-order valence-corrected chi connectivity index (χ0v) is 14.7. The fourth-order valence-corrected chi connectivity index (χ4v) is 3.79. The van der Waals surface area contributed by atoms with Crippen LogP contribution in [0.3, 0.4) is 0 Å². The monoisotopic (exact) mass is 366 g/mol. The van der Waals surface area contributed by atoms with E-state index in [2.05, 4.69) is 10.0 Å². The SMILES string of the molecule is CS(=O)(=O)Nc1cccc(CNC2(c3c(F)cccc3F)CCC2)c1. The molecule has 0 unspecified atom stereocenters. The van der Waals surface area contributed by atoms with Gasteiger partial charge >= 0.3 is 0 Å². The molecule has 0 aromatic heterocycles. The molecule has 0 amide bonds. The molecule has 0 atom stereocenters. The number of hydrogen-bond acceptors (Lipinski definition) is 3. The molecule has 1 saturated carbocycles. The molecule has 3 rings (SSSR count). The van der Waals surface area contributed by atoms with Crippen LogP contribution in [0, 0.1) is 11.6 Å². The number of sulfonamides is 1. The summed E-state index contributed by atoms with van der Waals surface area (Å²) in [5.74, 6) is -1.08. The quantitative estimate of drug-likeness (QED) is 0.823. The molecule has 2 N–H and O–H groups in total. The molecule has 1 aliphatic carbocycles. The average Bonchev–Trinajstić information content (AvgIpc) is 2.47. The standard InChI is InChI=1S/C18H20F2N2O2S/c1-25(23,24)22-14-6-2-5-13(11-14)12-21-18(9-4-10-18)17-15(19)7-3-8-16(17)20/h2-3,5-8,11,21-22H,4,9-10,12H2,1H3. The van der Waals surface area contributed by atoms with Gasteiger partial charge in [-0.15, -0.1) is 0 Å². The van der Waals surface area contributed by atoms with Crippen LogP contribution in [0.15, 0.2) is 42.5 Å². The van der Waals surface area contributed by atoms with Crippen molar-refractivity contribution in [3.05, 3.63) is 65.2 Å². The number of halogens is 2. The average molecular weight is 366 g/mol. The van der Waals surface area contributed by atoms with Crippen LogP contribution < -0.4 is 10.0 Å². The van der Waals surface area contributed by atoms with E-state index >= 15 is 0 Å². The Morgan fingerprint density at radius 3 is 2.28 bits per heavy atom. The number of nitrogens with one attached hydrogen (secondary N) is 2. The number of anilines is 1. The molecular weight excluding hydrogens is 346 g/mol. The second-order valence-electron chi connectivity index (χ2n) is 6.46. The lowest BCUT2D eigenvalue weighted by Crippen LogP contribution is -2.48. The molecule has 0 radical (unpaired) electrons. The Balaban J connectivity index is 1.79. The van der Waals surface area contributed by atoms with Crippen molar-refractivity contribution >= 4 is 15.7 Å². The van der Waals surface area contributed by atoms with E-state index < -0.39 is 27.2 Å². The molecule has 0 spiro atoms. The first kappa shape index (κ1) is 17.8. The van der Waals surface area contributed by atoms with Crippen LogP contribution in [-0.4, -0.2) is 14.7 Å². The van der Waals surface area contributed by atoms with E-state index in [0.717, 1.165) is 18.2 Å².